The van der Waals surface area contributed by atoms with Crippen LogP contribution in [0.25, 0.3) is 0 Å². The molecule has 1 saturated heterocycles. The van der Waals surface area contributed by atoms with Gasteiger partial charge in [-0.25, -0.2) is 19.9 Å². The Hall–Kier alpha value is -3.55. The second-order valence-electron chi connectivity index (χ2n) is 7.13. The van der Waals surface area contributed by atoms with E-state index in [1.54, 1.807) is 24.8 Å². The number of benzene rings is 1. The third-order valence-electron chi connectivity index (χ3n) is 5.41. The first-order chi connectivity index (χ1) is 14.3. The summed E-state index contributed by atoms with van der Waals surface area (Å²) >= 11 is 0. The molecule has 1 aromatic carbocycles. The Labute approximate surface area is 168 Å². The maximum absolute atomic E-state index is 12.9. The summed E-state index contributed by atoms with van der Waals surface area (Å²) in [5.74, 6) is 1.35. The van der Waals surface area contributed by atoms with Gasteiger partial charge in [-0.2, -0.15) is 0 Å². The first kappa shape index (κ1) is 17.5. The molecule has 4 heterocycles. The van der Waals surface area contributed by atoms with Gasteiger partial charge in [0, 0.05) is 63.2 Å². The molecule has 2 aliphatic rings. The topological polar surface area (TPSA) is 78.4 Å². The second-order valence-corrected chi connectivity index (χ2v) is 7.13. The van der Waals surface area contributed by atoms with Crippen molar-refractivity contribution >= 4 is 23.5 Å². The number of amides is 1. The first-order valence-electron chi connectivity index (χ1n) is 9.78. The van der Waals surface area contributed by atoms with Crippen LogP contribution in [0.2, 0.25) is 0 Å². The standard InChI is InChI=1S/C21H21N7O/c29-19(28-9-6-16-4-1-2-5-18(16)28)17-14-24-21(25-15-17)27-12-10-26(11-13-27)20-22-7-3-8-23-20/h1-5,7-8,14-15H,6,9-13H2. The van der Waals surface area contributed by atoms with E-state index in [1.807, 2.05) is 29.2 Å². The number of hydrogen-bond donors (Lipinski definition) is 0. The Morgan fingerprint density at radius 2 is 1.38 bits per heavy atom. The minimum Gasteiger partial charge on any atom is -0.337 e. The maximum atomic E-state index is 12.9. The largest absolute Gasteiger partial charge is 0.337 e. The smallest absolute Gasteiger partial charge is 0.261 e. The molecule has 0 radical (unpaired) electrons. The molecule has 8 nitrogen and oxygen atoms in total. The third-order valence-corrected chi connectivity index (χ3v) is 5.41. The van der Waals surface area contributed by atoms with Gasteiger partial charge >= 0.3 is 0 Å². The molecule has 0 bridgehead atoms. The number of hydrogen-bond acceptors (Lipinski definition) is 7. The van der Waals surface area contributed by atoms with Crippen LogP contribution >= 0.6 is 0 Å². The van der Waals surface area contributed by atoms with E-state index in [4.69, 9.17) is 0 Å². The minimum absolute atomic E-state index is 0.0486. The molecule has 5 rings (SSSR count). The number of anilines is 3. The van der Waals surface area contributed by atoms with Crippen LogP contribution < -0.4 is 14.7 Å². The fourth-order valence-corrected chi connectivity index (χ4v) is 3.86. The number of aromatic nitrogens is 4. The van der Waals surface area contributed by atoms with Crippen molar-refractivity contribution < 1.29 is 4.79 Å². The van der Waals surface area contributed by atoms with E-state index < -0.39 is 0 Å². The minimum atomic E-state index is -0.0486. The Balaban J connectivity index is 1.25. The third kappa shape index (κ3) is 3.37. The highest BCUT2D eigenvalue weighted by atomic mass is 16.2. The molecule has 2 aliphatic heterocycles. The van der Waals surface area contributed by atoms with Crippen molar-refractivity contribution in [2.45, 2.75) is 6.42 Å². The molecule has 0 saturated carbocycles. The summed E-state index contributed by atoms with van der Waals surface area (Å²) in [6.07, 6.45) is 7.67. The lowest BCUT2D eigenvalue weighted by atomic mass is 10.2. The Kier molecular flexibility index (Phi) is 4.51. The zero-order valence-electron chi connectivity index (χ0n) is 16.0. The highest BCUT2D eigenvalue weighted by molar-refractivity contribution is 6.06. The molecule has 29 heavy (non-hydrogen) atoms. The molecular weight excluding hydrogens is 366 g/mol. The van der Waals surface area contributed by atoms with Crippen LogP contribution in [0.4, 0.5) is 17.6 Å². The van der Waals surface area contributed by atoms with E-state index in [9.17, 15) is 4.79 Å². The highest BCUT2D eigenvalue weighted by Crippen LogP contribution is 2.28. The summed E-state index contributed by atoms with van der Waals surface area (Å²) in [5, 5.41) is 0. The fourth-order valence-electron chi connectivity index (χ4n) is 3.86. The van der Waals surface area contributed by atoms with Gasteiger partial charge < -0.3 is 14.7 Å². The van der Waals surface area contributed by atoms with Crippen molar-refractivity contribution in [3.05, 3.63) is 66.2 Å². The van der Waals surface area contributed by atoms with Crippen LogP contribution in [0.3, 0.4) is 0 Å². The Bertz CT molecular complexity index is 1000. The highest BCUT2D eigenvalue weighted by Gasteiger charge is 2.26. The lowest BCUT2D eigenvalue weighted by Gasteiger charge is -2.34. The van der Waals surface area contributed by atoms with Gasteiger partial charge in [-0.05, 0) is 24.1 Å². The van der Waals surface area contributed by atoms with Crippen LogP contribution in [0.1, 0.15) is 15.9 Å². The van der Waals surface area contributed by atoms with E-state index in [2.05, 4.69) is 35.8 Å². The molecule has 8 heteroatoms. The number of piperazine rings is 1. The van der Waals surface area contributed by atoms with Gasteiger partial charge in [-0.1, -0.05) is 18.2 Å². The van der Waals surface area contributed by atoms with E-state index in [0.717, 1.165) is 44.2 Å². The van der Waals surface area contributed by atoms with Crippen LogP contribution in [0.5, 0.6) is 0 Å². The van der Waals surface area contributed by atoms with E-state index in [-0.39, 0.29) is 5.91 Å². The summed E-state index contributed by atoms with van der Waals surface area (Å²) in [6, 6.07) is 9.85. The quantitative estimate of drug-likeness (QED) is 0.678. The van der Waals surface area contributed by atoms with E-state index in [1.165, 1.54) is 5.56 Å². The summed E-state index contributed by atoms with van der Waals surface area (Å²) in [7, 11) is 0. The molecule has 3 aromatic rings. The summed E-state index contributed by atoms with van der Waals surface area (Å²) in [4.78, 5) is 36.5. The van der Waals surface area contributed by atoms with Crippen molar-refractivity contribution in [1.82, 2.24) is 19.9 Å². The summed E-state index contributed by atoms with van der Waals surface area (Å²) in [5.41, 5.74) is 2.71. The molecule has 0 atom stereocenters. The number of rotatable bonds is 3. The molecule has 0 N–H and O–H groups in total. The molecule has 2 aromatic heterocycles. The van der Waals surface area contributed by atoms with Gasteiger partial charge in [-0.3, -0.25) is 4.79 Å². The van der Waals surface area contributed by atoms with Crippen molar-refractivity contribution in [2.24, 2.45) is 0 Å². The van der Waals surface area contributed by atoms with Crippen LogP contribution in [0, 0.1) is 0 Å². The molecule has 1 amide bonds. The average molecular weight is 387 g/mol. The first-order valence-corrected chi connectivity index (χ1v) is 9.78. The summed E-state index contributed by atoms with van der Waals surface area (Å²) < 4.78 is 0. The number of nitrogens with zero attached hydrogens (tertiary/aromatic N) is 7. The Morgan fingerprint density at radius 1 is 0.759 bits per heavy atom. The maximum Gasteiger partial charge on any atom is 0.261 e. The number of para-hydroxylation sites is 1. The van der Waals surface area contributed by atoms with Gasteiger partial charge in [0.25, 0.3) is 5.91 Å². The van der Waals surface area contributed by atoms with Gasteiger partial charge in [0.2, 0.25) is 11.9 Å². The van der Waals surface area contributed by atoms with Crippen LogP contribution in [-0.4, -0.2) is 58.6 Å². The molecule has 1 fully saturated rings. The van der Waals surface area contributed by atoms with Gasteiger partial charge in [-0.15, -0.1) is 0 Å². The molecule has 0 spiro atoms. The predicted molar refractivity (Wildman–Crippen MR) is 110 cm³/mol. The van der Waals surface area contributed by atoms with Crippen molar-refractivity contribution in [1.29, 1.82) is 0 Å². The van der Waals surface area contributed by atoms with Gasteiger partial charge in [0.15, 0.2) is 0 Å². The molecule has 0 unspecified atom stereocenters. The van der Waals surface area contributed by atoms with Crippen molar-refractivity contribution in [3.63, 3.8) is 0 Å². The molecular formula is C21H21N7O. The van der Waals surface area contributed by atoms with E-state index >= 15 is 0 Å². The predicted octanol–water partition coefficient (Wildman–Crippen LogP) is 1.80. The average Bonchev–Trinajstić information content (AvgIpc) is 3.24. The molecule has 146 valence electrons. The number of carbonyl (C=O) groups is 1. The fraction of sp³-hybridized carbons (Fsp3) is 0.286. The van der Waals surface area contributed by atoms with E-state index in [0.29, 0.717) is 18.1 Å². The lowest BCUT2D eigenvalue weighted by molar-refractivity contribution is 0.0988. The second kappa shape index (κ2) is 7.46. The van der Waals surface area contributed by atoms with Crippen molar-refractivity contribution in [2.75, 3.05) is 47.4 Å². The zero-order chi connectivity index (χ0) is 19.6. The van der Waals surface area contributed by atoms with Crippen LogP contribution in [-0.2, 0) is 6.42 Å². The molecule has 0 aliphatic carbocycles. The van der Waals surface area contributed by atoms with Crippen LogP contribution in [0.15, 0.2) is 55.1 Å². The number of carbonyl (C=O) groups excluding carboxylic acids is 1. The van der Waals surface area contributed by atoms with Crippen molar-refractivity contribution in [3.8, 4) is 0 Å². The number of fused-ring (bicyclic) bond motifs is 1. The SMILES string of the molecule is O=C(c1cnc(N2CCN(c3ncccn3)CC2)nc1)N1CCc2ccccc21. The lowest BCUT2D eigenvalue weighted by Crippen LogP contribution is -2.47. The normalized spacial score (nSPS) is 16.1. The zero-order valence-corrected chi connectivity index (χ0v) is 16.0. The Morgan fingerprint density at radius 3 is 2.07 bits per heavy atom. The monoisotopic (exact) mass is 387 g/mol. The van der Waals surface area contributed by atoms with Gasteiger partial charge in [0.1, 0.15) is 0 Å². The summed E-state index contributed by atoms with van der Waals surface area (Å²) in [6.45, 7) is 3.87. The van der Waals surface area contributed by atoms with Gasteiger partial charge in [0.05, 0.1) is 5.56 Å².